The Morgan fingerprint density at radius 3 is 2.79 bits per heavy atom. The lowest BCUT2D eigenvalue weighted by Crippen LogP contribution is -2.36. The van der Waals surface area contributed by atoms with Gasteiger partial charge in [-0.15, -0.1) is 13.2 Å². The van der Waals surface area contributed by atoms with Crippen LogP contribution in [0.4, 0.5) is 13.2 Å². The van der Waals surface area contributed by atoms with E-state index in [9.17, 15) is 23.1 Å². The van der Waals surface area contributed by atoms with Gasteiger partial charge in [0.15, 0.2) is 0 Å². The number of aliphatic hydroxyl groups is 1. The number of nitrogens with zero attached hydrogens (tertiary/aromatic N) is 1. The van der Waals surface area contributed by atoms with Gasteiger partial charge in [0.05, 0.1) is 12.6 Å². The standard InChI is InChI=1S/C16H21F3N2O3/c1-11(22)13-6-7-21(9-13)10-15(23)20-8-12-4-2-3-5-14(12)24-16(17,18)19/h2-5,11,13,22H,6-10H2,1H3,(H,20,23). The van der Waals surface area contributed by atoms with E-state index >= 15 is 0 Å². The molecule has 0 saturated carbocycles. The van der Waals surface area contributed by atoms with E-state index in [4.69, 9.17) is 0 Å². The molecular formula is C16H21F3N2O3. The van der Waals surface area contributed by atoms with Crippen LogP contribution in [0.15, 0.2) is 24.3 Å². The minimum absolute atomic E-state index is 0.0429. The number of likely N-dealkylation sites (tertiary alicyclic amines) is 1. The Morgan fingerprint density at radius 2 is 2.17 bits per heavy atom. The minimum Gasteiger partial charge on any atom is -0.405 e. The van der Waals surface area contributed by atoms with Gasteiger partial charge in [-0.25, -0.2) is 0 Å². The molecular weight excluding hydrogens is 325 g/mol. The summed E-state index contributed by atoms with van der Waals surface area (Å²) in [7, 11) is 0. The van der Waals surface area contributed by atoms with Crippen molar-refractivity contribution in [1.82, 2.24) is 10.2 Å². The van der Waals surface area contributed by atoms with Gasteiger partial charge < -0.3 is 15.2 Å². The first-order chi connectivity index (χ1) is 11.2. The predicted molar refractivity (Wildman–Crippen MR) is 81.2 cm³/mol. The van der Waals surface area contributed by atoms with E-state index in [1.165, 1.54) is 18.2 Å². The third-order valence-electron chi connectivity index (χ3n) is 4.03. The van der Waals surface area contributed by atoms with Gasteiger partial charge in [-0.1, -0.05) is 18.2 Å². The monoisotopic (exact) mass is 346 g/mol. The Morgan fingerprint density at radius 1 is 1.46 bits per heavy atom. The lowest BCUT2D eigenvalue weighted by molar-refractivity contribution is -0.274. The molecule has 2 N–H and O–H groups in total. The van der Waals surface area contributed by atoms with Crippen LogP contribution in [0, 0.1) is 5.92 Å². The number of amides is 1. The second-order valence-corrected chi connectivity index (χ2v) is 5.96. The van der Waals surface area contributed by atoms with Gasteiger partial charge in [-0.2, -0.15) is 0 Å². The van der Waals surface area contributed by atoms with Crippen LogP contribution in [0.25, 0.3) is 0 Å². The van der Waals surface area contributed by atoms with Crippen LogP contribution in [-0.4, -0.2) is 48.0 Å². The Labute approximate surface area is 138 Å². The van der Waals surface area contributed by atoms with Crippen molar-refractivity contribution in [2.45, 2.75) is 32.4 Å². The van der Waals surface area contributed by atoms with Crippen molar-refractivity contribution in [2.75, 3.05) is 19.6 Å². The third-order valence-corrected chi connectivity index (χ3v) is 4.03. The molecule has 2 unspecified atom stereocenters. The number of benzene rings is 1. The molecule has 134 valence electrons. The first kappa shape index (κ1) is 18.5. The van der Waals surface area contributed by atoms with Crippen LogP contribution < -0.4 is 10.1 Å². The molecule has 1 aromatic carbocycles. The van der Waals surface area contributed by atoms with Crippen molar-refractivity contribution in [2.24, 2.45) is 5.92 Å². The van der Waals surface area contributed by atoms with E-state index in [1.807, 2.05) is 4.90 Å². The molecule has 0 spiro atoms. The van der Waals surface area contributed by atoms with E-state index in [0.29, 0.717) is 6.54 Å². The first-order valence-corrected chi connectivity index (χ1v) is 7.75. The van der Waals surface area contributed by atoms with Crippen molar-refractivity contribution in [1.29, 1.82) is 0 Å². The molecule has 1 heterocycles. The predicted octanol–water partition coefficient (Wildman–Crippen LogP) is 1.90. The molecule has 0 bridgehead atoms. The summed E-state index contributed by atoms with van der Waals surface area (Å²) >= 11 is 0. The Hall–Kier alpha value is -1.80. The highest BCUT2D eigenvalue weighted by atomic mass is 19.4. The highest BCUT2D eigenvalue weighted by Gasteiger charge is 2.32. The average Bonchev–Trinajstić information content (AvgIpc) is 2.93. The van der Waals surface area contributed by atoms with Crippen LogP contribution in [0.5, 0.6) is 5.75 Å². The van der Waals surface area contributed by atoms with E-state index in [0.717, 1.165) is 13.0 Å². The summed E-state index contributed by atoms with van der Waals surface area (Å²) in [6.45, 7) is 3.20. The summed E-state index contributed by atoms with van der Waals surface area (Å²) in [5.74, 6) is -0.442. The Kier molecular flexibility index (Phi) is 6.06. The smallest absolute Gasteiger partial charge is 0.405 e. The van der Waals surface area contributed by atoms with E-state index in [2.05, 4.69) is 10.1 Å². The molecule has 1 aliphatic rings. The molecule has 1 saturated heterocycles. The summed E-state index contributed by atoms with van der Waals surface area (Å²) in [4.78, 5) is 13.9. The number of alkyl halides is 3. The zero-order valence-corrected chi connectivity index (χ0v) is 13.3. The largest absolute Gasteiger partial charge is 0.573 e. The van der Waals surface area contributed by atoms with Crippen LogP contribution in [0.3, 0.4) is 0 Å². The molecule has 1 aliphatic heterocycles. The summed E-state index contributed by atoms with van der Waals surface area (Å²) in [5, 5.41) is 12.2. The zero-order valence-electron chi connectivity index (χ0n) is 13.3. The highest BCUT2D eigenvalue weighted by molar-refractivity contribution is 5.78. The Bertz CT molecular complexity index is 564. The van der Waals surface area contributed by atoms with Crippen molar-refractivity contribution < 1.29 is 27.8 Å². The van der Waals surface area contributed by atoms with Gasteiger partial charge in [0, 0.05) is 18.7 Å². The molecule has 1 aromatic rings. The topological polar surface area (TPSA) is 61.8 Å². The lowest BCUT2D eigenvalue weighted by Gasteiger charge is -2.17. The number of rotatable bonds is 6. The summed E-state index contributed by atoms with van der Waals surface area (Å²) in [6, 6.07) is 5.70. The van der Waals surface area contributed by atoms with Crippen LogP contribution in [0.1, 0.15) is 18.9 Å². The number of ether oxygens (including phenoxy) is 1. The number of para-hydroxylation sites is 1. The Balaban J connectivity index is 1.84. The van der Waals surface area contributed by atoms with Gasteiger partial charge in [-0.05, 0) is 31.9 Å². The number of hydrogen-bond acceptors (Lipinski definition) is 4. The average molecular weight is 346 g/mol. The summed E-state index contributed by atoms with van der Waals surface area (Å²) in [6.07, 6.45) is -4.36. The van der Waals surface area contributed by atoms with Crippen LogP contribution in [0.2, 0.25) is 0 Å². The van der Waals surface area contributed by atoms with Crippen molar-refractivity contribution in [3.8, 4) is 5.75 Å². The van der Waals surface area contributed by atoms with Crippen molar-refractivity contribution in [3.63, 3.8) is 0 Å². The molecule has 0 aromatic heterocycles. The fourth-order valence-electron chi connectivity index (χ4n) is 2.73. The number of hydrogen-bond donors (Lipinski definition) is 2. The highest BCUT2D eigenvalue weighted by Crippen LogP contribution is 2.26. The molecule has 24 heavy (non-hydrogen) atoms. The second-order valence-electron chi connectivity index (χ2n) is 5.96. The zero-order chi connectivity index (χ0) is 17.7. The number of aliphatic hydroxyl groups excluding tert-OH is 1. The maximum Gasteiger partial charge on any atom is 0.573 e. The number of nitrogens with one attached hydrogen (secondary N) is 1. The molecule has 2 atom stereocenters. The van der Waals surface area contributed by atoms with E-state index < -0.39 is 12.5 Å². The number of halogens is 3. The summed E-state index contributed by atoms with van der Waals surface area (Å²) < 4.78 is 41.0. The van der Waals surface area contributed by atoms with E-state index in [-0.39, 0.29) is 36.2 Å². The summed E-state index contributed by atoms with van der Waals surface area (Å²) in [5.41, 5.74) is 0.256. The first-order valence-electron chi connectivity index (χ1n) is 7.75. The number of carbonyl (C=O) groups is 1. The van der Waals surface area contributed by atoms with Crippen molar-refractivity contribution >= 4 is 5.91 Å². The maximum absolute atomic E-state index is 12.4. The molecule has 5 nitrogen and oxygen atoms in total. The van der Waals surface area contributed by atoms with Gasteiger partial charge >= 0.3 is 6.36 Å². The normalized spacial score (nSPS) is 20.0. The van der Waals surface area contributed by atoms with Crippen molar-refractivity contribution in [3.05, 3.63) is 29.8 Å². The van der Waals surface area contributed by atoms with E-state index in [1.54, 1.807) is 13.0 Å². The van der Waals surface area contributed by atoms with Gasteiger partial charge in [0.2, 0.25) is 5.91 Å². The molecule has 0 radical (unpaired) electrons. The van der Waals surface area contributed by atoms with Crippen LogP contribution in [-0.2, 0) is 11.3 Å². The third kappa shape index (κ3) is 5.68. The molecule has 2 rings (SSSR count). The van der Waals surface area contributed by atoms with Gasteiger partial charge in [0.1, 0.15) is 5.75 Å². The molecule has 0 aliphatic carbocycles. The SMILES string of the molecule is CC(O)C1CCN(CC(=O)NCc2ccccc2OC(F)(F)F)C1. The molecule has 8 heteroatoms. The lowest BCUT2D eigenvalue weighted by atomic mass is 10.0. The van der Waals surface area contributed by atoms with Gasteiger partial charge in [-0.3, -0.25) is 9.69 Å². The molecule has 1 fully saturated rings. The fourth-order valence-corrected chi connectivity index (χ4v) is 2.73. The number of carbonyl (C=O) groups excluding carboxylic acids is 1. The van der Waals surface area contributed by atoms with Gasteiger partial charge in [0.25, 0.3) is 0 Å². The molecule has 1 amide bonds. The second kappa shape index (κ2) is 7.85. The quantitative estimate of drug-likeness (QED) is 0.826. The fraction of sp³-hybridized carbons (Fsp3) is 0.562. The van der Waals surface area contributed by atoms with Crippen LogP contribution >= 0.6 is 0 Å². The maximum atomic E-state index is 12.4. The minimum atomic E-state index is -4.77.